The third-order valence-corrected chi connectivity index (χ3v) is 9.66. The minimum absolute atomic E-state index is 0.00135. The molecule has 3 aliphatic rings. The van der Waals surface area contributed by atoms with E-state index in [1.807, 2.05) is 19.1 Å². The van der Waals surface area contributed by atoms with Crippen LogP contribution in [0.3, 0.4) is 0 Å². The number of aromatic hydroxyl groups is 1. The van der Waals surface area contributed by atoms with Crippen LogP contribution in [0.25, 0.3) is 5.69 Å². The molecule has 0 spiro atoms. The molecule has 1 N–H and O–H groups in total. The number of benzene rings is 2. The first-order valence-corrected chi connectivity index (χ1v) is 13.3. The Labute approximate surface area is 230 Å². The first kappa shape index (κ1) is 25.9. The Morgan fingerprint density at radius 3 is 2.27 bits per heavy atom. The molecule has 9 nitrogen and oxygen atoms in total. The van der Waals surface area contributed by atoms with Crippen molar-refractivity contribution in [1.82, 2.24) is 13.9 Å². The minimum atomic E-state index is -1.21. The number of aromatic nitrogens is 3. The number of para-hydroxylation sites is 1. The number of hydrogen-bond donors (Lipinski definition) is 1. The van der Waals surface area contributed by atoms with E-state index in [1.54, 1.807) is 51.1 Å². The number of ether oxygens (including phenoxy) is 1. The van der Waals surface area contributed by atoms with E-state index < -0.39 is 34.2 Å². The molecule has 40 heavy (non-hydrogen) atoms. The molecule has 0 bridgehead atoms. The predicted octanol–water partition coefficient (Wildman–Crippen LogP) is 3.68. The third-order valence-electron chi connectivity index (χ3n) is 9.66. The van der Waals surface area contributed by atoms with Gasteiger partial charge in [-0.1, -0.05) is 44.2 Å². The molecule has 0 radical (unpaired) electrons. The molecule has 6 rings (SSSR count). The molecule has 1 aliphatic heterocycles. The lowest BCUT2D eigenvalue weighted by atomic mass is 9.43. The molecule has 2 aliphatic carbocycles. The van der Waals surface area contributed by atoms with Crippen molar-refractivity contribution in [3.05, 3.63) is 97.9 Å². The van der Waals surface area contributed by atoms with Crippen LogP contribution in [-0.2, 0) is 16.1 Å². The van der Waals surface area contributed by atoms with Gasteiger partial charge < -0.3 is 9.84 Å². The van der Waals surface area contributed by atoms with E-state index in [0.29, 0.717) is 28.1 Å². The topological polar surface area (TPSA) is 113 Å². The summed E-state index contributed by atoms with van der Waals surface area (Å²) in [5.41, 5.74) is -0.701. The molecule has 0 unspecified atom stereocenters. The minimum Gasteiger partial charge on any atom is -0.508 e. The van der Waals surface area contributed by atoms with Gasteiger partial charge in [-0.3, -0.25) is 9.59 Å². The highest BCUT2D eigenvalue weighted by molar-refractivity contribution is 6.17. The number of hydrogen-bond acceptors (Lipinski definition) is 6. The second-order valence-electron chi connectivity index (χ2n) is 11.4. The summed E-state index contributed by atoms with van der Waals surface area (Å²) in [5.74, 6) is -0.576. The Bertz CT molecular complexity index is 1790. The quantitative estimate of drug-likeness (QED) is 0.507. The lowest BCUT2D eigenvalue weighted by Gasteiger charge is -2.58. The normalized spacial score (nSPS) is 27.6. The van der Waals surface area contributed by atoms with Crippen LogP contribution < -0.4 is 16.1 Å². The largest absolute Gasteiger partial charge is 0.508 e. The van der Waals surface area contributed by atoms with Crippen LogP contribution in [0.5, 0.6) is 11.5 Å². The maximum Gasteiger partial charge on any atom is 0.352 e. The summed E-state index contributed by atoms with van der Waals surface area (Å²) in [6, 6.07) is 12.8. The van der Waals surface area contributed by atoms with Gasteiger partial charge in [0.05, 0.1) is 30.8 Å². The summed E-state index contributed by atoms with van der Waals surface area (Å²) in [6.45, 7) is 7.12. The number of phenols is 1. The Morgan fingerprint density at radius 2 is 1.60 bits per heavy atom. The SMILES string of the molecule is COc1cc(O)ccc1[C@H]1C2=CCn3c(=O)n(-c4ccccc4)c(=O)n3[C@@H]2C[C@@]2(C)C(=O)C(C)=C(C)C(=O)[C@@]12C. The van der Waals surface area contributed by atoms with Crippen LogP contribution in [0, 0.1) is 10.8 Å². The van der Waals surface area contributed by atoms with Gasteiger partial charge in [-0.25, -0.2) is 23.5 Å². The summed E-state index contributed by atoms with van der Waals surface area (Å²) in [7, 11) is 1.49. The average Bonchev–Trinajstić information content (AvgIpc) is 3.21. The van der Waals surface area contributed by atoms with Crippen molar-refractivity contribution < 1.29 is 19.4 Å². The molecule has 2 aromatic carbocycles. The van der Waals surface area contributed by atoms with Crippen LogP contribution >= 0.6 is 0 Å². The highest BCUT2D eigenvalue weighted by Gasteiger charge is 2.67. The molecule has 9 heteroatoms. The zero-order valence-electron chi connectivity index (χ0n) is 23.1. The van der Waals surface area contributed by atoms with E-state index in [0.717, 1.165) is 10.1 Å². The molecule has 1 saturated carbocycles. The summed E-state index contributed by atoms with van der Waals surface area (Å²) >= 11 is 0. The zero-order chi connectivity index (χ0) is 28.7. The predicted molar refractivity (Wildman–Crippen MR) is 148 cm³/mol. The van der Waals surface area contributed by atoms with Gasteiger partial charge in [0, 0.05) is 23.0 Å². The van der Waals surface area contributed by atoms with Crippen molar-refractivity contribution in [1.29, 1.82) is 0 Å². The van der Waals surface area contributed by atoms with E-state index in [1.165, 1.54) is 28.6 Å². The average molecular weight is 542 g/mol. The fourth-order valence-electron chi connectivity index (χ4n) is 7.28. The highest BCUT2D eigenvalue weighted by atomic mass is 16.5. The molecule has 206 valence electrons. The highest BCUT2D eigenvalue weighted by Crippen LogP contribution is 2.66. The summed E-state index contributed by atoms with van der Waals surface area (Å²) < 4.78 is 9.68. The van der Waals surface area contributed by atoms with E-state index in [2.05, 4.69) is 0 Å². The second-order valence-corrected chi connectivity index (χ2v) is 11.4. The van der Waals surface area contributed by atoms with Gasteiger partial charge in [0.2, 0.25) is 0 Å². The van der Waals surface area contributed by atoms with Gasteiger partial charge >= 0.3 is 11.4 Å². The fourth-order valence-corrected chi connectivity index (χ4v) is 7.28. The summed E-state index contributed by atoms with van der Waals surface area (Å²) in [5, 5.41) is 10.2. The summed E-state index contributed by atoms with van der Waals surface area (Å²) in [4.78, 5) is 55.9. The smallest absolute Gasteiger partial charge is 0.352 e. The van der Waals surface area contributed by atoms with Crippen LogP contribution in [0.2, 0.25) is 0 Å². The molecular weight excluding hydrogens is 510 g/mol. The first-order chi connectivity index (χ1) is 19.0. The maximum absolute atomic E-state index is 14.3. The van der Waals surface area contributed by atoms with Gasteiger partial charge in [-0.05, 0) is 55.2 Å². The molecular formula is C31H31N3O6. The maximum atomic E-state index is 14.3. The Kier molecular flexibility index (Phi) is 5.53. The van der Waals surface area contributed by atoms with E-state index in [-0.39, 0.29) is 30.3 Å². The number of nitrogens with zero attached hydrogens (tertiary/aromatic N) is 3. The van der Waals surface area contributed by atoms with Crippen molar-refractivity contribution in [3.63, 3.8) is 0 Å². The number of rotatable bonds is 3. The van der Waals surface area contributed by atoms with Crippen LogP contribution in [0.15, 0.2) is 80.9 Å². The standard InChI is InChI=1S/C31H31N3O6/c1-17-18(2)27(37)31(4)25(22-12-11-20(35)15-24(22)40-5)21-13-14-32-28(38)33(19-9-7-6-8-10-19)29(39)34(32)23(21)16-30(31,3)26(17)36/h6-13,15,23,25,35H,14,16H2,1-5H3/t23-,25-,30+,31-/m1/s1. The van der Waals surface area contributed by atoms with E-state index >= 15 is 0 Å². The van der Waals surface area contributed by atoms with Crippen molar-refractivity contribution in [2.45, 2.75) is 52.6 Å². The van der Waals surface area contributed by atoms with Gasteiger partial charge in [-0.15, -0.1) is 0 Å². The number of ketones is 2. The lowest BCUT2D eigenvalue weighted by Crippen LogP contribution is -2.61. The number of methoxy groups -OCH3 is 1. The van der Waals surface area contributed by atoms with Crippen molar-refractivity contribution in [2.75, 3.05) is 7.11 Å². The number of carbonyl (C=O) groups excluding carboxylic acids is 2. The lowest BCUT2D eigenvalue weighted by molar-refractivity contribution is -0.151. The number of carbonyl (C=O) groups is 2. The van der Waals surface area contributed by atoms with Gasteiger partial charge in [0.1, 0.15) is 11.5 Å². The van der Waals surface area contributed by atoms with Crippen LogP contribution in [-0.4, -0.2) is 37.7 Å². The van der Waals surface area contributed by atoms with Gasteiger partial charge in [0.25, 0.3) is 0 Å². The van der Waals surface area contributed by atoms with Crippen molar-refractivity contribution >= 4 is 11.6 Å². The molecule has 2 heterocycles. The van der Waals surface area contributed by atoms with Crippen molar-refractivity contribution in [3.8, 4) is 17.2 Å². The summed E-state index contributed by atoms with van der Waals surface area (Å²) in [6.07, 6.45) is 2.07. The zero-order valence-corrected chi connectivity index (χ0v) is 23.1. The Balaban J connectivity index is 1.66. The third kappa shape index (κ3) is 3.08. The van der Waals surface area contributed by atoms with Gasteiger partial charge in [-0.2, -0.15) is 0 Å². The monoisotopic (exact) mass is 541 g/mol. The number of allylic oxidation sites excluding steroid dienone is 4. The first-order valence-electron chi connectivity index (χ1n) is 13.3. The van der Waals surface area contributed by atoms with Crippen LogP contribution in [0.4, 0.5) is 0 Å². The number of Topliss-reactive ketones (excluding diaryl/α,β-unsaturated/α-hetero) is 2. The fraction of sp³-hybridized carbons (Fsp3) is 0.355. The van der Waals surface area contributed by atoms with E-state index in [4.69, 9.17) is 4.74 Å². The molecule has 0 saturated heterocycles. The molecule has 0 amide bonds. The van der Waals surface area contributed by atoms with Crippen molar-refractivity contribution in [2.24, 2.45) is 10.8 Å². The molecule has 4 atom stereocenters. The van der Waals surface area contributed by atoms with Gasteiger partial charge in [0.15, 0.2) is 11.6 Å². The number of phenolic OH excluding ortho intramolecular Hbond substituents is 1. The Morgan fingerprint density at radius 1 is 0.925 bits per heavy atom. The van der Waals surface area contributed by atoms with Crippen LogP contribution in [0.1, 0.15) is 51.6 Å². The molecule has 1 fully saturated rings. The van der Waals surface area contributed by atoms with E-state index in [9.17, 15) is 24.3 Å². The Hall–Kier alpha value is -4.40. The second kappa shape index (κ2) is 8.55. The molecule has 3 aromatic rings. The number of fused-ring (bicyclic) bond motifs is 4. The molecule has 1 aromatic heterocycles.